The smallest absolute Gasteiger partial charge is 0.163 e. The predicted octanol–water partition coefficient (Wildman–Crippen LogP) is 1.14. The quantitative estimate of drug-likeness (QED) is 0.444. The summed E-state index contributed by atoms with van der Waals surface area (Å²) in [6.07, 6.45) is 1.91. The van der Waals surface area contributed by atoms with E-state index in [4.69, 9.17) is 9.47 Å². The number of methoxy groups -OCH3 is 2. The van der Waals surface area contributed by atoms with Crippen molar-refractivity contribution in [3.63, 3.8) is 0 Å². The first-order valence-electron chi connectivity index (χ1n) is 3.50. The van der Waals surface area contributed by atoms with Crippen molar-refractivity contribution in [1.29, 1.82) is 0 Å². The number of ether oxygens (including phenoxy) is 2. The number of hydrogen-bond acceptors (Lipinski definition) is 3. The summed E-state index contributed by atoms with van der Waals surface area (Å²) in [4.78, 5) is 11.1. The van der Waals surface area contributed by atoms with Crippen LogP contribution >= 0.6 is 0 Å². The van der Waals surface area contributed by atoms with Crippen molar-refractivity contribution in [2.45, 2.75) is 13.3 Å². The van der Waals surface area contributed by atoms with E-state index >= 15 is 0 Å². The van der Waals surface area contributed by atoms with Crippen LogP contribution < -0.4 is 0 Å². The van der Waals surface area contributed by atoms with Gasteiger partial charge in [-0.1, -0.05) is 6.92 Å². The summed E-state index contributed by atoms with van der Waals surface area (Å²) in [5.41, 5.74) is 0.581. The van der Waals surface area contributed by atoms with Crippen molar-refractivity contribution < 1.29 is 14.3 Å². The third-order valence-electron chi connectivity index (χ3n) is 1.24. The number of hydrogen-bond donors (Lipinski definition) is 0. The maximum absolute atomic E-state index is 11.1. The molecule has 11 heavy (non-hydrogen) atoms. The maximum atomic E-state index is 11.1. The Balaban J connectivity index is 4.09. The van der Waals surface area contributed by atoms with Crippen LogP contribution in [-0.2, 0) is 14.3 Å². The summed E-state index contributed by atoms with van der Waals surface area (Å²) in [6, 6.07) is 0. The molecule has 0 heterocycles. The highest BCUT2D eigenvalue weighted by Gasteiger charge is 2.05. The molecule has 0 rings (SSSR count). The van der Waals surface area contributed by atoms with Gasteiger partial charge in [0.1, 0.15) is 0 Å². The average molecular weight is 158 g/mol. The van der Waals surface area contributed by atoms with Gasteiger partial charge in [0.15, 0.2) is 5.78 Å². The summed E-state index contributed by atoms with van der Waals surface area (Å²) in [5.74, 6) is 0.0636. The summed E-state index contributed by atoms with van der Waals surface area (Å²) in [6.45, 7) is 2.13. The van der Waals surface area contributed by atoms with Gasteiger partial charge < -0.3 is 9.47 Å². The minimum atomic E-state index is 0.0636. The second-order valence-electron chi connectivity index (χ2n) is 2.09. The number of ketones is 1. The molecule has 0 aliphatic carbocycles. The van der Waals surface area contributed by atoms with Gasteiger partial charge in [0.05, 0.1) is 25.6 Å². The SMILES string of the molecule is CCC(=O)/C(=C/OC)COC. The maximum Gasteiger partial charge on any atom is 0.163 e. The molecule has 0 fully saturated rings. The lowest BCUT2D eigenvalue weighted by Gasteiger charge is -2.01. The van der Waals surface area contributed by atoms with Gasteiger partial charge in [-0.15, -0.1) is 0 Å². The molecule has 0 saturated heterocycles. The molecule has 0 spiro atoms. The molecule has 0 aliphatic rings. The highest BCUT2D eigenvalue weighted by Crippen LogP contribution is 2.00. The Hall–Kier alpha value is -0.830. The fourth-order valence-electron chi connectivity index (χ4n) is 0.705. The number of carbonyl (C=O) groups is 1. The first-order valence-corrected chi connectivity index (χ1v) is 3.50. The van der Waals surface area contributed by atoms with E-state index in [1.165, 1.54) is 13.4 Å². The van der Waals surface area contributed by atoms with E-state index in [2.05, 4.69) is 0 Å². The molecule has 0 unspecified atom stereocenters. The van der Waals surface area contributed by atoms with E-state index in [1.807, 2.05) is 6.92 Å². The van der Waals surface area contributed by atoms with Crippen LogP contribution in [0.3, 0.4) is 0 Å². The molecule has 0 amide bonds. The van der Waals surface area contributed by atoms with Crippen LogP contribution in [0.25, 0.3) is 0 Å². The average Bonchev–Trinajstić information content (AvgIpc) is 2.03. The Kier molecular flexibility index (Phi) is 5.47. The molecule has 0 radical (unpaired) electrons. The molecular formula is C8H14O3. The van der Waals surface area contributed by atoms with Gasteiger partial charge in [-0.3, -0.25) is 4.79 Å². The zero-order valence-electron chi connectivity index (χ0n) is 7.22. The highest BCUT2D eigenvalue weighted by atomic mass is 16.5. The molecule has 0 aliphatic heterocycles. The van der Waals surface area contributed by atoms with Crippen molar-refractivity contribution in [2.24, 2.45) is 0 Å². The third-order valence-corrected chi connectivity index (χ3v) is 1.24. The second kappa shape index (κ2) is 5.92. The molecule has 0 aromatic rings. The molecular weight excluding hydrogens is 144 g/mol. The Morgan fingerprint density at radius 2 is 2.09 bits per heavy atom. The molecule has 0 bridgehead atoms. The molecule has 3 nitrogen and oxygen atoms in total. The van der Waals surface area contributed by atoms with Gasteiger partial charge in [-0.25, -0.2) is 0 Å². The van der Waals surface area contributed by atoms with E-state index in [-0.39, 0.29) is 5.78 Å². The monoisotopic (exact) mass is 158 g/mol. The van der Waals surface area contributed by atoms with Crippen molar-refractivity contribution in [1.82, 2.24) is 0 Å². The van der Waals surface area contributed by atoms with Crippen molar-refractivity contribution >= 4 is 5.78 Å². The van der Waals surface area contributed by atoms with Gasteiger partial charge >= 0.3 is 0 Å². The number of Topliss-reactive ketones (excluding diaryl/α,β-unsaturated/α-hetero) is 1. The van der Waals surface area contributed by atoms with Crippen LogP contribution in [0.4, 0.5) is 0 Å². The molecule has 0 atom stereocenters. The lowest BCUT2D eigenvalue weighted by atomic mass is 10.1. The molecule has 0 saturated carbocycles. The lowest BCUT2D eigenvalue weighted by Crippen LogP contribution is -2.06. The largest absolute Gasteiger partial charge is 0.504 e. The van der Waals surface area contributed by atoms with Gasteiger partial charge in [0, 0.05) is 13.5 Å². The van der Waals surface area contributed by atoms with Gasteiger partial charge in [0.2, 0.25) is 0 Å². The van der Waals surface area contributed by atoms with E-state index in [9.17, 15) is 4.79 Å². The second-order valence-corrected chi connectivity index (χ2v) is 2.09. The van der Waals surface area contributed by atoms with Crippen LogP contribution in [0.1, 0.15) is 13.3 Å². The van der Waals surface area contributed by atoms with Crippen LogP contribution in [0, 0.1) is 0 Å². The third kappa shape index (κ3) is 3.78. The van der Waals surface area contributed by atoms with Crippen molar-refractivity contribution in [3.8, 4) is 0 Å². The van der Waals surface area contributed by atoms with Gasteiger partial charge in [-0.2, -0.15) is 0 Å². The van der Waals surface area contributed by atoms with Gasteiger partial charge in [0.25, 0.3) is 0 Å². The van der Waals surface area contributed by atoms with Crippen LogP contribution in [0.2, 0.25) is 0 Å². The Morgan fingerprint density at radius 3 is 2.45 bits per heavy atom. The summed E-state index contributed by atoms with van der Waals surface area (Å²) in [5, 5.41) is 0. The predicted molar refractivity (Wildman–Crippen MR) is 42.3 cm³/mol. The number of carbonyl (C=O) groups excluding carboxylic acids is 1. The van der Waals surface area contributed by atoms with Crippen LogP contribution in [-0.4, -0.2) is 26.6 Å². The van der Waals surface area contributed by atoms with Gasteiger partial charge in [-0.05, 0) is 0 Å². The lowest BCUT2D eigenvalue weighted by molar-refractivity contribution is -0.115. The van der Waals surface area contributed by atoms with Crippen molar-refractivity contribution in [3.05, 3.63) is 11.8 Å². The first-order chi connectivity index (χ1) is 5.26. The standard InChI is InChI=1S/C8H14O3/c1-4-8(9)7(5-10-2)6-11-3/h5H,4,6H2,1-3H3/b7-5+. The number of rotatable bonds is 5. The van der Waals surface area contributed by atoms with E-state index in [1.54, 1.807) is 7.11 Å². The van der Waals surface area contributed by atoms with Crippen LogP contribution in [0.5, 0.6) is 0 Å². The Labute approximate surface area is 67.0 Å². The zero-order valence-corrected chi connectivity index (χ0v) is 7.22. The normalized spacial score (nSPS) is 11.4. The fraction of sp³-hybridized carbons (Fsp3) is 0.625. The fourth-order valence-corrected chi connectivity index (χ4v) is 0.705. The van der Waals surface area contributed by atoms with Crippen LogP contribution in [0.15, 0.2) is 11.8 Å². The van der Waals surface area contributed by atoms with E-state index in [0.717, 1.165) is 0 Å². The minimum absolute atomic E-state index is 0.0636. The topological polar surface area (TPSA) is 35.5 Å². The molecule has 64 valence electrons. The van der Waals surface area contributed by atoms with E-state index < -0.39 is 0 Å². The Morgan fingerprint density at radius 1 is 1.45 bits per heavy atom. The Bertz CT molecular complexity index is 149. The molecule has 0 aromatic heterocycles. The summed E-state index contributed by atoms with van der Waals surface area (Å²) in [7, 11) is 3.06. The molecule has 3 heteroatoms. The molecule has 0 aromatic carbocycles. The summed E-state index contributed by atoms with van der Waals surface area (Å²) >= 11 is 0. The summed E-state index contributed by atoms with van der Waals surface area (Å²) < 4.78 is 9.53. The van der Waals surface area contributed by atoms with Crippen molar-refractivity contribution in [2.75, 3.05) is 20.8 Å². The highest BCUT2D eigenvalue weighted by molar-refractivity contribution is 5.95. The zero-order chi connectivity index (χ0) is 8.69. The first kappa shape index (κ1) is 10.2. The molecule has 0 N–H and O–H groups in total. The minimum Gasteiger partial charge on any atom is -0.504 e. The van der Waals surface area contributed by atoms with E-state index in [0.29, 0.717) is 18.6 Å².